The van der Waals surface area contributed by atoms with Crippen LogP contribution in [0.5, 0.6) is 5.75 Å². The largest absolute Gasteiger partial charge is 0.496 e. The number of amides is 1. The molecular weight excluding hydrogens is 460 g/mol. The Morgan fingerprint density at radius 3 is 2.69 bits per heavy atom. The van der Waals surface area contributed by atoms with Crippen molar-refractivity contribution in [3.63, 3.8) is 0 Å². The number of methoxy groups -OCH3 is 2. The molecule has 1 aromatic carbocycles. The lowest BCUT2D eigenvalue weighted by Gasteiger charge is -2.37. The zero-order valence-electron chi connectivity index (χ0n) is 20.1. The van der Waals surface area contributed by atoms with Gasteiger partial charge >= 0.3 is 0 Å². The van der Waals surface area contributed by atoms with Crippen molar-refractivity contribution in [1.82, 2.24) is 19.7 Å². The third-order valence-corrected chi connectivity index (χ3v) is 5.95. The van der Waals surface area contributed by atoms with E-state index in [4.69, 9.17) is 9.47 Å². The van der Waals surface area contributed by atoms with E-state index in [-0.39, 0.29) is 24.3 Å². The molecule has 2 aromatic heterocycles. The van der Waals surface area contributed by atoms with Gasteiger partial charge in [-0.1, -0.05) is 0 Å². The molecule has 2 N–H and O–H groups in total. The van der Waals surface area contributed by atoms with Gasteiger partial charge in [-0.15, -0.1) is 0 Å². The first-order valence-electron chi connectivity index (χ1n) is 10.9. The fraction of sp³-hybridized carbons (Fsp3) is 0.391. The molecule has 0 radical (unpaired) electrons. The monoisotopic (exact) mass is 487 g/mol. The number of nitrogens with zero attached hydrogens (tertiary/aromatic N) is 5. The van der Waals surface area contributed by atoms with Gasteiger partial charge in [-0.2, -0.15) is 10.1 Å². The Labute approximate surface area is 201 Å². The number of benzene rings is 1. The van der Waals surface area contributed by atoms with Crippen LogP contribution in [0.2, 0.25) is 0 Å². The Morgan fingerprint density at radius 2 is 1.97 bits per heavy atom. The number of hydrogen-bond acceptors (Lipinski definition) is 8. The molecule has 0 bridgehead atoms. The fourth-order valence-electron chi connectivity index (χ4n) is 4.02. The summed E-state index contributed by atoms with van der Waals surface area (Å²) in [5.74, 6) is -0.860. The SMILES string of the molecule is COc1cc(F)c(F)cc1Cn1cc(CNc2nc(C)c3c(n2)N(C)[C@@H]([C@@H](C)OC)C(=O)N3)cn1. The van der Waals surface area contributed by atoms with Gasteiger partial charge in [0.1, 0.15) is 17.5 Å². The van der Waals surface area contributed by atoms with Gasteiger partial charge in [0.25, 0.3) is 0 Å². The van der Waals surface area contributed by atoms with E-state index in [0.29, 0.717) is 35.3 Å². The van der Waals surface area contributed by atoms with Crippen LogP contribution in [0.25, 0.3) is 0 Å². The maximum absolute atomic E-state index is 13.7. The minimum atomic E-state index is -0.968. The molecule has 1 aliphatic rings. The minimum Gasteiger partial charge on any atom is -0.496 e. The average molecular weight is 488 g/mol. The fourth-order valence-corrected chi connectivity index (χ4v) is 4.02. The van der Waals surface area contributed by atoms with Crippen LogP contribution in [0.4, 0.5) is 26.2 Å². The average Bonchev–Trinajstić information content (AvgIpc) is 3.27. The molecular formula is C23H27F2N7O3. The molecule has 0 saturated carbocycles. The van der Waals surface area contributed by atoms with E-state index < -0.39 is 17.7 Å². The van der Waals surface area contributed by atoms with Crippen LogP contribution in [0.3, 0.4) is 0 Å². The summed E-state index contributed by atoms with van der Waals surface area (Å²) in [6.45, 7) is 4.21. The number of fused-ring (bicyclic) bond motifs is 1. The van der Waals surface area contributed by atoms with Gasteiger partial charge in [0.2, 0.25) is 11.9 Å². The Balaban J connectivity index is 1.48. The molecule has 1 amide bonds. The Morgan fingerprint density at radius 1 is 1.23 bits per heavy atom. The first-order chi connectivity index (χ1) is 16.7. The quantitative estimate of drug-likeness (QED) is 0.500. The van der Waals surface area contributed by atoms with Gasteiger partial charge < -0.3 is 25.0 Å². The number of likely N-dealkylation sites (N-methyl/N-ethyl adjacent to an activating group) is 1. The molecule has 186 valence electrons. The summed E-state index contributed by atoms with van der Waals surface area (Å²) in [4.78, 5) is 23.4. The van der Waals surface area contributed by atoms with Crippen molar-refractivity contribution in [3.8, 4) is 5.75 Å². The number of aromatic nitrogens is 4. The lowest BCUT2D eigenvalue weighted by Crippen LogP contribution is -2.53. The molecule has 12 heteroatoms. The number of aryl methyl sites for hydroxylation is 1. The number of halogens is 2. The molecule has 0 saturated heterocycles. The van der Waals surface area contributed by atoms with Crippen LogP contribution in [-0.4, -0.2) is 59.1 Å². The number of rotatable bonds is 8. The number of nitrogens with one attached hydrogen (secondary N) is 2. The predicted molar refractivity (Wildman–Crippen MR) is 126 cm³/mol. The summed E-state index contributed by atoms with van der Waals surface area (Å²) in [5.41, 5.74) is 2.49. The van der Waals surface area contributed by atoms with Crippen molar-refractivity contribution >= 4 is 23.4 Å². The first kappa shape index (κ1) is 24.3. The second-order valence-corrected chi connectivity index (χ2v) is 8.29. The lowest BCUT2D eigenvalue weighted by atomic mass is 10.1. The molecule has 1 aliphatic heterocycles. The minimum absolute atomic E-state index is 0.174. The van der Waals surface area contributed by atoms with Crippen molar-refractivity contribution < 1.29 is 23.0 Å². The van der Waals surface area contributed by atoms with Crippen molar-refractivity contribution in [2.45, 2.75) is 39.1 Å². The number of anilines is 3. The van der Waals surface area contributed by atoms with Crippen molar-refractivity contribution in [1.29, 1.82) is 0 Å². The molecule has 10 nitrogen and oxygen atoms in total. The number of carbonyl (C=O) groups excluding carboxylic acids is 1. The van der Waals surface area contributed by atoms with E-state index in [2.05, 4.69) is 25.7 Å². The molecule has 0 aliphatic carbocycles. The molecule has 4 rings (SSSR count). The molecule has 2 atom stereocenters. The second kappa shape index (κ2) is 9.82. The highest BCUT2D eigenvalue weighted by Crippen LogP contribution is 2.33. The van der Waals surface area contributed by atoms with Gasteiger partial charge in [-0.3, -0.25) is 9.48 Å². The number of ether oxygens (including phenoxy) is 2. The van der Waals surface area contributed by atoms with E-state index in [1.807, 2.05) is 6.92 Å². The number of hydrogen-bond donors (Lipinski definition) is 2. The molecule has 35 heavy (non-hydrogen) atoms. The van der Waals surface area contributed by atoms with Crippen LogP contribution in [-0.2, 0) is 22.6 Å². The highest BCUT2D eigenvalue weighted by Gasteiger charge is 2.37. The van der Waals surface area contributed by atoms with Gasteiger partial charge in [-0.05, 0) is 19.9 Å². The highest BCUT2D eigenvalue weighted by atomic mass is 19.2. The molecule has 0 spiro atoms. The van der Waals surface area contributed by atoms with E-state index in [0.717, 1.165) is 17.7 Å². The summed E-state index contributed by atoms with van der Waals surface area (Å²) in [5, 5.41) is 10.4. The van der Waals surface area contributed by atoms with Crippen LogP contribution in [0.1, 0.15) is 23.7 Å². The van der Waals surface area contributed by atoms with E-state index in [1.165, 1.54) is 7.11 Å². The second-order valence-electron chi connectivity index (χ2n) is 8.29. The Bertz CT molecular complexity index is 1250. The van der Waals surface area contributed by atoms with Crippen molar-refractivity contribution in [2.24, 2.45) is 0 Å². The predicted octanol–water partition coefficient (Wildman–Crippen LogP) is 2.72. The van der Waals surface area contributed by atoms with Gasteiger partial charge in [0.05, 0.1) is 31.6 Å². The summed E-state index contributed by atoms with van der Waals surface area (Å²) in [7, 11) is 4.75. The van der Waals surface area contributed by atoms with Crippen LogP contribution >= 0.6 is 0 Å². The smallest absolute Gasteiger partial charge is 0.249 e. The van der Waals surface area contributed by atoms with Crippen molar-refractivity contribution in [2.75, 3.05) is 36.8 Å². The molecule has 0 unspecified atom stereocenters. The third-order valence-electron chi connectivity index (χ3n) is 5.95. The standard InChI is InChI=1S/C23H27F2N7O3/c1-12-19-21(31(3)20(13(2)34-4)22(33)29-19)30-23(28-12)26-8-14-9-27-32(10-14)11-15-6-16(24)17(25)7-18(15)35-5/h6-7,9-10,13,20H,8,11H2,1-5H3,(H,29,33)(H,26,28,30)/t13-,20+/m1/s1. The lowest BCUT2D eigenvalue weighted by molar-refractivity contribution is -0.120. The topological polar surface area (TPSA) is 106 Å². The van der Waals surface area contributed by atoms with Gasteiger partial charge in [0.15, 0.2) is 17.5 Å². The zero-order valence-corrected chi connectivity index (χ0v) is 20.1. The maximum atomic E-state index is 13.7. The number of carbonyl (C=O) groups is 1. The van der Waals surface area contributed by atoms with Crippen LogP contribution in [0.15, 0.2) is 24.5 Å². The van der Waals surface area contributed by atoms with Crippen molar-refractivity contribution in [3.05, 3.63) is 53.0 Å². The summed E-state index contributed by atoms with van der Waals surface area (Å²) in [6.07, 6.45) is 3.10. The maximum Gasteiger partial charge on any atom is 0.249 e. The van der Waals surface area contributed by atoms with Crippen LogP contribution < -0.4 is 20.3 Å². The normalized spacial score (nSPS) is 16.0. The summed E-state index contributed by atoms with van der Waals surface area (Å²) < 4.78 is 39.3. The highest BCUT2D eigenvalue weighted by molar-refractivity contribution is 6.03. The van der Waals surface area contributed by atoms with E-state index in [9.17, 15) is 13.6 Å². The Kier molecular flexibility index (Phi) is 6.83. The Hall–Kier alpha value is -3.80. The summed E-state index contributed by atoms with van der Waals surface area (Å²) in [6, 6.07) is 1.59. The molecule has 0 fully saturated rings. The van der Waals surface area contributed by atoms with E-state index >= 15 is 0 Å². The zero-order chi connectivity index (χ0) is 25.3. The molecule has 3 heterocycles. The first-order valence-corrected chi connectivity index (χ1v) is 10.9. The van der Waals surface area contributed by atoms with Gasteiger partial charge in [-0.25, -0.2) is 13.8 Å². The molecule has 3 aromatic rings. The van der Waals surface area contributed by atoms with Crippen LogP contribution in [0, 0.1) is 18.6 Å². The third kappa shape index (κ3) is 4.87. The van der Waals surface area contributed by atoms with E-state index in [1.54, 1.807) is 43.1 Å². The van der Waals surface area contributed by atoms with Gasteiger partial charge in [0, 0.05) is 44.1 Å². The summed E-state index contributed by atoms with van der Waals surface area (Å²) >= 11 is 0.